The molecule has 0 aliphatic carbocycles. The first-order valence-electron chi connectivity index (χ1n) is 7.74. The van der Waals surface area contributed by atoms with Gasteiger partial charge in [-0.25, -0.2) is 4.79 Å². The molecule has 1 heterocycles. The van der Waals surface area contributed by atoms with Crippen molar-refractivity contribution in [2.24, 2.45) is 0 Å². The van der Waals surface area contributed by atoms with Gasteiger partial charge in [-0.1, -0.05) is 30.3 Å². The standard InChI is InChI=1S/C17H23NO4/c1-21-17(20)14(18-16(19)15-11-6-12-22-15)10-5-9-13-7-3-2-4-8-13/h2-4,7-8,14-15H,5-6,9-12H2,1H3,(H,18,19)/t14-,15+/m1/s1. The van der Waals surface area contributed by atoms with Gasteiger partial charge in [0, 0.05) is 6.61 Å². The SMILES string of the molecule is COC(=O)[C@@H](CCCc1ccccc1)NC(=O)[C@@H]1CCCO1. The molecule has 5 heteroatoms. The summed E-state index contributed by atoms with van der Waals surface area (Å²) in [5.74, 6) is -0.619. The summed E-state index contributed by atoms with van der Waals surface area (Å²) < 4.78 is 10.1. The van der Waals surface area contributed by atoms with Crippen LogP contribution in [-0.2, 0) is 25.5 Å². The third-order valence-electron chi connectivity index (χ3n) is 3.83. The van der Waals surface area contributed by atoms with Gasteiger partial charge in [0.15, 0.2) is 0 Å². The lowest BCUT2D eigenvalue weighted by atomic mass is 10.0. The summed E-state index contributed by atoms with van der Waals surface area (Å²) in [6.07, 6.45) is 3.39. The van der Waals surface area contributed by atoms with E-state index in [1.807, 2.05) is 18.2 Å². The average molecular weight is 305 g/mol. The summed E-state index contributed by atoms with van der Waals surface area (Å²) in [7, 11) is 1.34. The molecule has 1 aromatic carbocycles. The van der Waals surface area contributed by atoms with E-state index in [1.54, 1.807) is 0 Å². The molecule has 0 spiro atoms. The van der Waals surface area contributed by atoms with E-state index in [0.29, 0.717) is 19.4 Å². The molecule has 120 valence electrons. The third kappa shape index (κ3) is 4.84. The van der Waals surface area contributed by atoms with Crippen LogP contribution in [0.2, 0.25) is 0 Å². The van der Waals surface area contributed by atoms with Crippen LogP contribution in [0, 0.1) is 0 Å². The van der Waals surface area contributed by atoms with Crippen molar-refractivity contribution in [3.8, 4) is 0 Å². The van der Waals surface area contributed by atoms with E-state index in [9.17, 15) is 9.59 Å². The number of carbonyl (C=O) groups is 2. The van der Waals surface area contributed by atoms with Gasteiger partial charge in [0.25, 0.3) is 0 Å². The highest BCUT2D eigenvalue weighted by molar-refractivity contribution is 5.87. The molecule has 0 bridgehead atoms. The van der Waals surface area contributed by atoms with Crippen LogP contribution in [0.1, 0.15) is 31.2 Å². The zero-order valence-corrected chi connectivity index (χ0v) is 12.9. The number of benzene rings is 1. The van der Waals surface area contributed by atoms with Gasteiger partial charge in [-0.2, -0.15) is 0 Å². The van der Waals surface area contributed by atoms with Crippen LogP contribution in [0.15, 0.2) is 30.3 Å². The maximum Gasteiger partial charge on any atom is 0.328 e. The lowest BCUT2D eigenvalue weighted by Gasteiger charge is -2.18. The molecule has 0 radical (unpaired) electrons. The van der Waals surface area contributed by atoms with E-state index >= 15 is 0 Å². The zero-order valence-electron chi connectivity index (χ0n) is 12.9. The normalized spacial score (nSPS) is 18.7. The minimum Gasteiger partial charge on any atom is -0.467 e. The minimum absolute atomic E-state index is 0.215. The number of ether oxygens (including phenoxy) is 2. The van der Waals surface area contributed by atoms with Crippen molar-refractivity contribution in [1.29, 1.82) is 0 Å². The molecule has 1 saturated heterocycles. The highest BCUT2D eigenvalue weighted by Gasteiger charge is 2.28. The molecular formula is C17H23NO4. The summed E-state index contributed by atoms with van der Waals surface area (Å²) >= 11 is 0. The molecule has 22 heavy (non-hydrogen) atoms. The Hall–Kier alpha value is -1.88. The maximum absolute atomic E-state index is 12.1. The number of methoxy groups -OCH3 is 1. The van der Waals surface area contributed by atoms with E-state index in [0.717, 1.165) is 19.3 Å². The maximum atomic E-state index is 12.1. The fourth-order valence-electron chi connectivity index (χ4n) is 2.60. The van der Waals surface area contributed by atoms with Gasteiger partial charge in [0.05, 0.1) is 7.11 Å². The quantitative estimate of drug-likeness (QED) is 0.781. The average Bonchev–Trinajstić information content (AvgIpc) is 3.08. The first-order valence-corrected chi connectivity index (χ1v) is 7.74. The second kappa shape index (κ2) is 8.54. The monoisotopic (exact) mass is 305 g/mol. The summed E-state index contributed by atoms with van der Waals surface area (Å²) in [5, 5.41) is 2.76. The largest absolute Gasteiger partial charge is 0.467 e. The number of nitrogens with one attached hydrogen (secondary N) is 1. The Morgan fingerprint density at radius 2 is 2.14 bits per heavy atom. The molecular weight excluding hydrogens is 282 g/mol. The van der Waals surface area contributed by atoms with Crippen molar-refractivity contribution >= 4 is 11.9 Å². The summed E-state index contributed by atoms with van der Waals surface area (Å²) in [6.45, 7) is 0.606. The van der Waals surface area contributed by atoms with Crippen LogP contribution in [0.25, 0.3) is 0 Å². The molecule has 5 nitrogen and oxygen atoms in total. The van der Waals surface area contributed by atoms with Crippen LogP contribution in [-0.4, -0.2) is 37.7 Å². The van der Waals surface area contributed by atoms with Crippen molar-refractivity contribution < 1.29 is 19.1 Å². The Morgan fingerprint density at radius 1 is 1.36 bits per heavy atom. The lowest BCUT2D eigenvalue weighted by molar-refractivity contribution is -0.146. The number of aryl methyl sites for hydroxylation is 1. The highest BCUT2D eigenvalue weighted by atomic mass is 16.5. The fraction of sp³-hybridized carbons (Fsp3) is 0.529. The van der Waals surface area contributed by atoms with Crippen LogP contribution in [0.5, 0.6) is 0 Å². The second-order valence-corrected chi connectivity index (χ2v) is 5.46. The lowest BCUT2D eigenvalue weighted by Crippen LogP contribution is -2.45. The number of rotatable bonds is 7. The molecule has 1 fully saturated rings. The Balaban J connectivity index is 1.83. The molecule has 1 N–H and O–H groups in total. The van der Waals surface area contributed by atoms with Gasteiger partial charge < -0.3 is 14.8 Å². The summed E-state index contributed by atoms with van der Waals surface area (Å²) in [6, 6.07) is 9.46. The van der Waals surface area contributed by atoms with Gasteiger partial charge in [0.2, 0.25) is 5.91 Å². The smallest absolute Gasteiger partial charge is 0.328 e. The molecule has 1 aromatic rings. The molecule has 1 amide bonds. The van der Waals surface area contributed by atoms with Crippen LogP contribution in [0.3, 0.4) is 0 Å². The third-order valence-corrected chi connectivity index (χ3v) is 3.83. The van der Waals surface area contributed by atoms with Gasteiger partial charge in [-0.3, -0.25) is 4.79 Å². The van der Waals surface area contributed by atoms with Gasteiger partial charge in [-0.15, -0.1) is 0 Å². The molecule has 0 unspecified atom stereocenters. The molecule has 2 rings (SSSR count). The van der Waals surface area contributed by atoms with E-state index in [2.05, 4.69) is 17.4 Å². The van der Waals surface area contributed by atoms with Crippen molar-refractivity contribution in [2.45, 2.75) is 44.2 Å². The minimum atomic E-state index is -0.606. The first-order chi connectivity index (χ1) is 10.7. The van der Waals surface area contributed by atoms with E-state index < -0.39 is 18.1 Å². The van der Waals surface area contributed by atoms with E-state index in [1.165, 1.54) is 12.7 Å². The number of esters is 1. The van der Waals surface area contributed by atoms with Gasteiger partial charge in [0.1, 0.15) is 12.1 Å². The number of hydrogen-bond donors (Lipinski definition) is 1. The van der Waals surface area contributed by atoms with Crippen molar-refractivity contribution in [2.75, 3.05) is 13.7 Å². The van der Waals surface area contributed by atoms with Crippen LogP contribution in [0.4, 0.5) is 0 Å². The van der Waals surface area contributed by atoms with Crippen molar-refractivity contribution in [1.82, 2.24) is 5.32 Å². The Kier molecular flexibility index (Phi) is 6.40. The molecule has 0 saturated carbocycles. The summed E-state index contributed by atoms with van der Waals surface area (Å²) in [4.78, 5) is 23.9. The number of carbonyl (C=O) groups excluding carboxylic acids is 2. The predicted molar refractivity (Wildman–Crippen MR) is 82.3 cm³/mol. The van der Waals surface area contributed by atoms with E-state index in [-0.39, 0.29) is 5.91 Å². The molecule has 2 atom stereocenters. The second-order valence-electron chi connectivity index (χ2n) is 5.46. The van der Waals surface area contributed by atoms with Crippen molar-refractivity contribution in [3.63, 3.8) is 0 Å². The van der Waals surface area contributed by atoms with Crippen LogP contribution >= 0.6 is 0 Å². The topological polar surface area (TPSA) is 64.6 Å². The zero-order chi connectivity index (χ0) is 15.8. The number of amides is 1. The van der Waals surface area contributed by atoms with E-state index in [4.69, 9.17) is 9.47 Å². The predicted octanol–water partition coefficient (Wildman–Crippen LogP) is 1.85. The molecule has 0 aromatic heterocycles. The van der Waals surface area contributed by atoms with Crippen LogP contribution < -0.4 is 5.32 Å². The Morgan fingerprint density at radius 3 is 2.77 bits per heavy atom. The Bertz CT molecular complexity index is 483. The fourth-order valence-corrected chi connectivity index (χ4v) is 2.60. The van der Waals surface area contributed by atoms with Gasteiger partial charge in [-0.05, 0) is 37.7 Å². The summed E-state index contributed by atoms with van der Waals surface area (Å²) in [5.41, 5.74) is 1.22. The molecule has 1 aliphatic heterocycles. The Labute approximate surface area is 131 Å². The molecule has 1 aliphatic rings. The van der Waals surface area contributed by atoms with Gasteiger partial charge >= 0.3 is 5.97 Å². The first kappa shape index (κ1) is 16.5. The van der Waals surface area contributed by atoms with Crippen molar-refractivity contribution in [3.05, 3.63) is 35.9 Å². The highest BCUT2D eigenvalue weighted by Crippen LogP contribution is 2.13. The number of hydrogen-bond acceptors (Lipinski definition) is 4.